The fourth-order valence-electron chi connectivity index (χ4n) is 5.63. The van der Waals surface area contributed by atoms with Gasteiger partial charge in [0.25, 0.3) is 23.6 Å². The standard InChI is InChI=1S/C29H18ClN3O5/c30-21-15-5-4-12-18(21)24-23-25(38-33(24)17-10-2-1-3-11-17)29(37)32(28(23)36)31-26(34)19-13-6-8-16-9-7-14-20(22(16)19)27(31)35/h1-15,23-25H/t23-,24-,25+/m1/s1. The van der Waals surface area contributed by atoms with Gasteiger partial charge in [-0.3, -0.25) is 24.0 Å². The number of hydrogen-bond donors (Lipinski definition) is 0. The number of fused-ring (bicyclic) bond motifs is 1. The molecular weight excluding hydrogens is 506 g/mol. The Morgan fingerprint density at radius 1 is 0.658 bits per heavy atom. The van der Waals surface area contributed by atoms with Crippen molar-refractivity contribution in [3.63, 3.8) is 0 Å². The largest absolute Gasteiger partial charge is 0.281 e. The number of anilines is 1. The number of carbonyl (C=O) groups excluding carboxylic acids is 4. The molecule has 9 heteroatoms. The Balaban J connectivity index is 1.33. The average molecular weight is 524 g/mol. The first kappa shape index (κ1) is 22.7. The van der Waals surface area contributed by atoms with Crippen LogP contribution in [0.25, 0.3) is 10.8 Å². The van der Waals surface area contributed by atoms with Crippen molar-refractivity contribution in [1.82, 2.24) is 10.0 Å². The molecule has 38 heavy (non-hydrogen) atoms. The van der Waals surface area contributed by atoms with E-state index in [0.29, 0.717) is 31.7 Å². The Morgan fingerprint density at radius 3 is 1.95 bits per heavy atom. The topological polar surface area (TPSA) is 87.2 Å². The molecular formula is C29H18ClN3O5. The molecule has 0 radical (unpaired) electrons. The van der Waals surface area contributed by atoms with Crippen molar-refractivity contribution in [2.24, 2.45) is 5.92 Å². The number of hydrazine groups is 1. The SMILES string of the molecule is O=C1c2cccc3cccc(c23)C(=O)N1N1C(=O)[C@H]2[C@H](ON(c3ccccc3)[C@@H]2c2ccccc2Cl)C1=O. The lowest BCUT2D eigenvalue weighted by Crippen LogP contribution is -2.55. The van der Waals surface area contributed by atoms with Crippen molar-refractivity contribution in [2.75, 3.05) is 5.06 Å². The maximum Gasteiger partial charge on any atom is 0.281 e. The number of rotatable bonds is 3. The van der Waals surface area contributed by atoms with E-state index >= 15 is 0 Å². The first-order valence-electron chi connectivity index (χ1n) is 12.0. The van der Waals surface area contributed by atoms with Gasteiger partial charge in [0, 0.05) is 10.4 Å². The van der Waals surface area contributed by atoms with Crippen LogP contribution < -0.4 is 5.06 Å². The van der Waals surface area contributed by atoms with Crippen LogP contribution in [0, 0.1) is 5.92 Å². The minimum Gasteiger partial charge on any atom is -0.272 e. The van der Waals surface area contributed by atoms with Crippen LogP contribution in [0.1, 0.15) is 32.3 Å². The number of hydroxylamine groups is 1. The summed E-state index contributed by atoms with van der Waals surface area (Å²) in [7, 11) is 0. The zero-order chi connectivity index (χ0) is 26.1. The maximum atomic E-state index is 14.0. The smallest absolute Gasteiger partial charge is 0.272 e. The zero-order valence-electron chi connectivity index (χ0n) is 19.7. The molecule has 0 aliphatic carbocycles. The van der Waals surface area contributed by atoms with Crippen LogP contribution in [-0.4, -0.2) is 39.8 Å². The third kappa shape index (κ3) is 3.01. The lowest BCUT2D eigenvalue weighted by atomic mass is 9.90. The van der Waals surface area contributed by atoms with Crippen LogP contribution in [0.4, 0.5) is 5.69 Å². The minimum atomic E-state index is -1.25. The van der Waals surface area contributed by atoms with Gasteiger partial charge in [-0.2, -0.15) is 10.0 Å². The average Bonchev–Trinajstić information content (AvgIpc) is 3.44. The van der Waals surface area contributed by atoms with E-state index in [-0.39, 0.29) is 11.1 Å². The Bertz CT molecular complexity index is 1640. The number of para-hydroxylation sites is 1. The number of amides is 4. The van der Waals surface area contributed by atoms with Gasteiger partial charge >= 0.3 is 0 Å². The van der Waals surface area contributed by atoms with Gasteiger partial charge in [-0.25, -0.2) is 5.06 Å². The van der Waals surface area contributed by atoms with Gasteiger partial charge in [0.05, 0.1) is 22.9 Å². The van der Waals surface area contributed by atoms with Crippen LogP contribution in [0.5, 0.6) is 0 Å². The minimum absolute atomic E-state index is 0.241. The predicted octanol–water partition coefficient (Wildman–Crippen LogP) is 4.55. The molecule has 0 unspecified atom stereocenters. The molecule has 7 rings (SSSR count). The Kier molecular flexibility index (Phi) is 4.91. The van der Waals surface area contributed by atoms with E-state index in [1.165, 1.54) is 5.06 Å². The highest BCUT2D eigenvalue weighted by Gasteiger charge is 2.63. The van der Waals surface area contributed by atoms with Gasteiger partial charge in [-0.1, -0.05) is 72.3 Å². The molecule has 4 amide bonds. The van der Waals surface area contributed by atoms with Crippen molar-refractivity contribution in [3.05, 3.63) is 113 Å². The van der Waals surface area contributed by atoms with Crippen molar-refractivity contribution >= 4 is 51.7 Å². The summed E-state index contributed by atoms with van der Waals surface area (Å²) in [4.78, 5) is 61.1. The third-order valence-electron chi connectivity index (χ3n) is 7.28. The Labute approximate surface area is 221 Å². The molecule has 3 aliphatic heterocycles. The first-order chi connectivity index (χ1) is 18.5. The number of halogens is 1. The van der Waals surface area contributed by atoms with E-state index in [4.69, 9.17) is 16.4 Å². The van der Waals surface area contributed by atoms with Crippen LogP contribution in [-0.2, 0) is 14.4 Å². The van der Waals surface area contributed by atoms with Crippen LogP contribution in [0.15, 0.2) is 91.0 Å². The summed E-state index contributed by atoms with van der Waals surface area (Å²) in [5.41, 5.74) is 1.69. The van der Waals surface area contributed by atoms with E-state index in [1.54, 1.807) is 72.8 Å². The predicted molar refractivity (Wildman–Crippen MR) is 138 cm³/mol. The molecule has 2 fully saturated rings. The van der Waals surface area contributed by atoms with Crippen LogP contribution >= 0.6 is 11.6 Å². The summed E-state index contributed by atoms with van der Waals surface area (Å²) >= 11 is 6.55. The summed E-state index contributed by atoms with van der Waals surface area (Å²) < 4.78 is 0. The van der Waals surface area contributed by atoms with E-state index in [9.17, 15) is 19.2 Å². The molecule has 0 bridgehead atoms. The van der Waals surface area contributed by atoms with Crippen molar-refractivity contribution in [3.8, 4) is 0 Å². The molecule has 3 aliphatic rings. The molecule has 4 aromatic carbocycles. The quantitative estimate of drug-likeness (QED) is 0.366. The number of imide groups is 2. The van der Waals surface area contributed by atoms with E-state index in [0.717, 1.165) is 5.39 Å². The summed E-state index contributed by atoms with van der Waals surface area (Å²) in [5.74, 6) is -4.03. The molecule has 8 nitrogen and oxygen atoms in total. The van der Waals surface area contributed by atoms with E-state index < -0.39 is 41.7 Å². The van der Waals surface area contributed by atoms with E-state index in [2.05, 4.69) is 0 Å². The Hall–Kier alpha value is -4.53. The molecule has 186 valence electrons. The normalized spacial score (nSPS) is 22.6. The second kappa shape index (κ2) is 8.24. The Morgan fingerprint density at radius 2 is 1.29 bits per heavy atom. The molecule has 0 saturated carbocycles. The molecule has 0 spiro atoms. The fourth-order valence-corrected chi connectivity index (χ4v) is 5.87. The number of hydrogen-bond acceptors (Lipinski definition) is 6. The van der Waals surface area contributed by atoms with Gasteiger partial charge in [0.1, 0.15) is 5.92 Å². The van der Waals surface area contributed by atoms with Crippen molar-refractivity contribution in [1.29, 1.82) is 0 Å². The number of benzene rings is 4. The molecule has 3 heterocycles. The zero-order valence-corrected chi connectivity index (χ0v) is 20.4. The van der Waals surface area contributed by atoms with Crippen LogP contribution in [0.2, 0.25) is 5.02 Å². The highest BCUT2D eigenvalue weighted by atomic mass is 35.5. The van der Waals surface area contributed by atoms with Crippen molar-refractivity contribution in [2.45, 2.75) is 12.1 Å². The highest BCUT2D eigenvalue weighted by Crippen LogP contribution is 2.49. The van der Waals surface area contributed by atoms with Gasteiger partial charge < -0.3 is 0 Å². The lowest BCUT2D eigenvalue weighted by molar-refractivity contribution is -0.154. The summed E-state index contributed by atoms with van der Waals surface area (Å²) in [6.07, 6.45) is -1.25. The molecule has 3 atom stereocenters. The molecule has 2 saturated heterocycles. The third-order valence-corrected chi connectivity index (χ3v) is 7.62. The lowest BCUT2D eigenvalue weighted by Gasteiger charge is -2.34. The summed E-state index contributed by atoms with van der Waals surface area (Å²) in [5, 5.41) is 4.44. The molecule has 4 aromatic rings. The summed E-state index contributed by atoms with van der Waals surface area (Å²) in [6, 6.07) is 25.5. The van der Waals surface area contributed by atoms with Crippen LogP contribution in [0.3, 0.4) is 0 Å². The molecule has 0 N–H and O–H groups in total. The van der Waals surface area contributed by atoms with Gasteiger partial charge in [0.2, 0.25) is 0 Å². The van der Waals surface area contributed by atoms with Crippen molar-refractivity contribution < 1.29 is 24.0 Å². The fraction of sp³-hybridized carbons (Fsp3) is 0.103. The van der Waals surface area contributed by atoms with Gasteiger partial charge in [0.15, 0.2) is 6.10 Å². The van der Waals surface area contributed by atoms with E-state index in [1.807, 2.05) is 18.2 Å². The second-order valence-electron chi connectivity index (χ2n) is 9.30. The van der Waals surface area contributed by atoms with Gasteiger partial charge in [-0.15, -0.1) is 0 Å². The number of carbonyl (C=O) groups is 4. The monoisotopic (exact) mass is 523 g/mol. The maximum absolute atomic E-state index is 14.0. The van der Waals surface area contributed by atoms with Gasteiger partial charge in [-0.05, 0) is 41.3 Å². The molecule has 0 aromatic heterocycles. The second-order valence-corrected chi connectivity index (χ2v) is 9.71. The first-order valence-corrected chi connectivity index (χ1v) is 12.4. The number of nitrogens with zero attached hydrogens (tertiary/aromatic N) is 3. The highest BCUT2D eigenvalue weighted by molar-refractivity contribution is 6.31. The summed E-state index contributed by atoms with van der Waals surface area (Å²) in [6.45, 7) is 0.